The molecule has 0 unspecified atom stereocenters. The van der Waals surface area contributed by atoms with Gasteiger partial charge in [-0.25, -0.2) is 4.98 Å². The van der Waals surface area contributed by atoms with Crippen molar-refractivity contribution in [3.8, 4) is 23.1 Å². The number of rotatable bonds is 7. The van der Waals surface area contributed by atoms with Gasteiger partial charge in [-0.05, 0) is 41.5 Å². The van der Waals surface area contributed by atoms with Gasteiger partial charge in [0, 0.05) is 24.5 Å². The molecule has 0 aliphatic heterocycles. The summed E-state index contributed by atoms with van der Waals surface area (Å²) in [5.41, 5.74) is 2.64. The van der Waals surface area contributed by atoms with Gasteiger partial charge in [0.1, 0.15) is 17.4 Å². The fourth-order valence-corrected chi connectivity index (χ4v) is 3.15. The lowest BCUT2D eigenvalue weighted by molar-refractivity contribution is 0.415. The number of methoxy groups -OCH3 is 1. The lowest BCUT2D eigenvalue weighted by Gasteiger charge is -2.10. The molecule has 4 rings (SSSR count). The van der Waals surface area contributed by atoms with Crippen LogP contribution in [-0.4, -0.2) is 26.9 Å². The van der Waals surface area contributed by atoms with E-state index in [0.717, 1.165) is 11.1 Å². The Hall–Kier alpha value is -4.38. The van der Waals surface area contributed by atoms with Crippen LogP contribution < -0.4 is 15.6 Å². The summed E-state index contributed by atoms with van der Waals surface area (Å²) < 4.78 is 7.02. The van der Waals surface area contributed by atoms with E-state index in [4.69, 9.17) is 4.74 Å². The van der Waals surface area contributed by atoms with Crippen molar-refractivity contribution >= 4 is 5.95 Å². The largest absolute Gasteiger partial charge is 0.497 e. The molecule has 2 aromatic heterocycles. The van der Waals surface area contributed by atoms with Crippen LogP contribution in [0.2, 0.25) is 0 Å². The van der Waals surface area contributed by atoms with Crippen LogP contribution in [0.1, 0.15) is 16.7 Å². The van der Waals surface area contributed by atoms with Crippen molar-refractivity contribution in [3.05, 3.63) is 94.0 Å². The Balaban J connectivity index is 1.51. The van der Waals surface area contributed by atoms with E-state index in [-0.39, 0.29) is 5.56 Å². The van der Waals surface area contributed by atoms with E-state index < -0.39 is 5.56 Å². The number of nitrogens with zero attached hydrogens (tertiary/aromatic N) is 4. The molecule has 0 aliphatic rings. The third kappa shape index (κ3) is 4.62. The maximum absolute atomic E-state index is 12.4. The van der Waals surface area contributed by atoms with E-state index in [9.17, 15) is 10.1 Å². The highest BCUT2D eigenvalue weighted by Crippen LogP contribution is 2.23. The molecule has 0 atom stereocenters. The normalized spacial score (nSPS) is 10.5. The zero-order valence-electron chi connectivity index (χ0n) is 16.9. The van der Waals surface area contributed by atoms with Gasteiger partial charge in [-0.2, -0.15) is 10.4 Å². The van der Waals surface area contributed by atoms with Gasteiger partial charge < -0.3 is 10.1 Å². The standard InChI is InChI=1S/C23H20N6O2/c1-31-19-9-7-18(8-10-19)21-20(13-24)22(30)28-23(27-21)25-14-16-3-5-17(6-4-16)15-29-12-2-11-26-29/h2-12H,14-15H2,1H3,(H2,25,27,28,30). The van der Waals surface area contributed by atoms with Crippen molar-refractivity contribution < 1.29 is 4.74 Å². The number of anilines is 1. The highest BCUT2D eigenvalue weighted by Gasteiger charge is 2.13. The fraction of sp³-hybridized carbons (Fsp3) is 0.130. The van der Waals surface area contributed by atoms with E-state index in [2.05, 4.69) is 20.4 Å². The summed E-state index contributed by atoms with van der Waals surface area (Å²) in [5.74, 6) is 0.983. The van der Waals surface area contributed by atoms with Gasteiger partial charge in [-0.1, -0.05) is 24.3 Å². The minimum absolute atomic E-state index is 0.0290. The van der Waals surface area contributed by atoms with Gasteiger partial charge >= 0.3 is 0 Å². The van der Waals surface area contributed by atoms with E-state index in [1.807, 2.05) is 47.3 Å². The fourth-order valence-electron chi connectivity index (χ4n) is 3.15. The molecular weight excluding hydrogens is 392 g/mol. The zero-order chi connectivity index (χ0) is 21.6. The number of hydrogen-bond donors (Lipinski definition) is 2. The van der Waals surface area contributed by atoms with Gasteiger partial charge in [0.05, 0.1) is 19.3 Å². The first-order valence-electron chi connectivity index (χ1n) is 9.64. The molecule has 0 radical (unpaired) electrons. The number of nitrogens with one attached hydrogen (secondary N) is 2. The molecule has 0 fully saturated rings. The summed E-state index contributed by atoms with van der Waals surface area (Å²) in [4.78, 5) is 19.5. The van der Waals surface area contributed by atoms with Gasteiger partial charge in [0.2, 0.25) is 5.95 Å². The lowest BCUT2D eigenvalue weighted by Crippen LogP contribution is -2.17. The Labute approximate surface area is 178 Å². The van der Waals surface area contributed by atoms with Crippen LogP contribution in [0.3, 0.4) is 0 Å². The Morgan fingerprint density at radius 1 is 1.13 bits per heavy atom. The summed E-state index contributed by atoms with van der Waals surface area (Å²) in [6.45, 7) is 1.18. The van der Waals surface area contributed by atoms with Crippen LogP contribution in [0.5, 0.6) is 5.75 Å². The molecule has 8 nitrogen and oxygen atoms in total. The molecule has 4 aromatic rings. The zero-order valence-corrected chi connectivity index (χ0v) is 16.9. The van der Waals surface area contributed by atoms with Crippen LogP contribution >= 0.6 is 0 Å². The predicted molar refractivity (Wildman–Crippen MR) is 117 cm³/mol. The van der Waals surface area contributed by atoms with Crippen molar-refractivity contribution in [1.82, 2.24) is 19.7 Å². The number of ether oxygens (including phenoxy) is 1. The molecular formula is C23H20N6O2. The van der Waals surface area contributed by atoms with Crippen LogP contribution in [0.4, 0.5) is 5.95 Å². The molecule has 0 bridgehead atoms. The monoisotopic (exact) mass is 412 g/mol. The van der Waals surface area contributed by atoms with Crippen molar-refractivity contribution in [2.75, 3.05) is 12.4 Å². The second-order valence-corrected chi connectivity index (χ2v) is 6.85. The van der Waals surface area contributed by atoms with E-state index in [1.165, 1.54) is 0 Å². The van der Waals surface area contributed by atoms with E-state index in [1.54, 1.807) is 37.6 Å². The second-order valence-electron chi connectivity index (χ2n) is 6.85. The van der Waals surface area contributed by atoms with Crippen LogP contribution in [-0.2, 0) is 13.1 Å². The molecule has 0 aliphatic carbocycles. The smallest absolute Gasteiger partial charge is 0.270 e. The minimum atomic E-state index is -0.486. The van der Waals surface area contributed by atoms with Crippen molar-refractivity contribution in [2.45, 2.75) is 13.1 Å². The van der Waals surface area contributed by atoms with Gasteiger partial charge in [-0.15, -0.1) is 0 Å². The SMILES string of the molecule is COc1ccc(-c2nc(NCc3ccc(Cn4cccn4)cc3)[nH]c(=O)c2C#N)cc1. The third-order valence-electron chi connectivity index (χ3n) is 4.78. The van der Waals surface area contributed by atoms with Crippen molar-refractivity contribution in [3.63, 3.8) is 0 Å². The Bertz CT molecular complexity index is 1250. The third-order valence-corrected chi connectivity index (χ3v) is 4.78. The average molecular weight is 412 g/mol. The summed E-state index contributed by atoms with van der Waals surface area (Å²) in [6.07, 6.45) is 3.67. The van der Waals surface area contributed by atoms with E-state index in [0.29, 0.717) is 36.0 Å². The number of aromatic amines is 1. The first-order chi connectivity index (χ1) is 15.2. The summed E-state index contributed by atoms with van der Waals surface area (Å²) in [6, 6.07) is 19.0. The van der Waals surface area contributed by atoms with Crippen LogP contribution in [0, 0.1) is 11.3 Å². The number of H-pyrrole nitrogens is 1. The molecule has 2 heterocycles. The Morgan fingerprint density at radius 3 is 2.52 bits per heavy atom. The molecule has 154 valence electrons. The summed E-state index contributed by atoms with van der Waals surface area (Å²) in [7, 11) is 1.58. The summed E-state index contributed by atoms with van der Waals surface area (Å²) >= 11 is 0. The van der Waals surface area contributed by atoms with Crippen molar-refractivity contribution in [1.29, 1.82) is 5.26 Å². The molecule has 0 amide bonds. The molecule has 31 heavy (non-hydrogen) atoms. The van der Waals surface area contributed by atoms with Gasteiger partial charge in [-0.3, -0.25) is 14.5 Å². The first kappa shape index (κ1) is 19.9. The number of nitriles is 1. The molecule has 0 spiro atoms. The van der Waals surface area contributed by atoms with Gasteiger partial charge in [0.25, 0.3) is 5.56 Å². The van der Waals surface area contributed by atoms with E-state index >= 15 is 0 Å². The molecule has 2 aromatic carbocycles. The van der Waals surface area contributed by atoms with Crippen LogP contribution in [0.15, 0.2) is 71.8 Å². The maximum atomic E-state index is 12.4. The highest BCUT2D eigenvalue weighted by atomic mass is 16.5. The molecule has 0 saturated carbocycles. The van der Waals surface area contributed by atoms with Crippen LogP contribution in [0.25, 0.3) is 11.3 Å². The average Bonchev–Trinajstić information content (AvgIpc) is 3.31. The predicted octanol–water partition coefficient (Wildman–Crippen LogP) is 3.17. The molecule has 2 N–H and O–H groups in total. The second kappa shape index (κ2) is 8.97. The molecule has 0 saturated heterocycles. The summed E-state index contributed by atoms with van der Waals surface area (Å²) in [5, 5.41) is 16.8. The lowest BCUT2D eigenvalue weighted by atomic mass is 10.1. The Morgan fingerprint density at radius 2 is 1.87 bits per heavy atom. The highest BCUT2D eigenvalue weighted by molar-refractivity contribution is 5.67. The first-order valence-corrected chi connectivity index (χ1v) is 9.64. The number of aromatic nitrogens is 4. The molecule has 8 heteroatoms. The number of hydrogen-bond acceptors (Lipinski definition) is 6. The number of benzene rings is 2. The maximum Gasteiger partial charge on any atom is 0.270 e. The Kier molecular flexibility index (Phi) is 5.76. The topological polar surface area (TPSA) is 109 Å². The minimum Gasteiger partial charge on any atom is -0.497 e. The quantitative estimate of drug-likeness (QED) is 0.483. The van der Waals surface area contributed by atoms with Gasteiger partial charge in [0.15, 0.2) is 0 Å². The van der Waals surface area contributed by atoms with Crippen molar-refractivity contribution in [2.24, 2.45) is 0 Å².